The van der Waals surface area contributed by atoms with Crippen LogP contribution in [0.3, 0.4) is 0 Å². The van der Waals surface area contributed by atoms with Gasteiger partial charge in [-0.1, -0.05) is 0 Å². The van der Waals surface area contributed by atoms with Crippen LogP contribution < -0.4 is 5.32 Å². The number of carbonyl (C=O) groups is 1. The predicted octanol–water partition coefficient (Wildman–Crippen LogP) is 0.252. The maximum absolute atomic E-state index is 11.7. The molecule has 7 nitrogen and oxygen atoms in total. The van der Waals surface area contributed by atoms with Gasteiger partial charge in [-0.05, 0) is 19.3 Å². The number of aryl methyl sites for hydroxylation is 1. The first-order chi connectivity index (χ1) is 9.91. The molecule has 0 radical (unpaired) electrons. The lowest BCUT2D eigenvalue weighted by atomic mass is 10.1. The number of rotatable bonds is 5. The summed E-state index contributed by atoms with van der Waals surface area (Å²) in [5, 5.41) is 2.55. The van der Waals surface area contributed by atoms with E-state index in [1.807, 2.05) is 0 Å². The van der Waals surface area contributed by atoms with Gasteiger partial charge in [0, 0.05) is 26.2 Å². The van der Waals surface area contributed by atoms with E-state index in [9.17, 15) is 13.2 Å². The van der Waals surface area contributed by atoms with E-state index in [0.29, 0.717) is 25.1 Å². The van der Waals surface area contributed by atoms with Crippen molar-refractivity contribution in [3.63, 3.8) is 0 Å². The number of nitrogens with one attached hydrogen (secondary N) is 1. The number of aromatic nitrogens is 2. The predicted molar refractivity (Wildman–Crippen MR) is 77.9 cm³/mol. The van der Waals surface area contributed by atoms with Crippen LogP contribution in [0.4, 0.5) is 0 Å². The van der Waals surface area contributed by atoms with Crippen molar-refractivity contribution < 1.29 is 13.2 Å². The Bertz CT molecular complexity index is 600. The van der Waals surface area contributed by atoms with Crippen molar-refractivity contribution in [3.05, 3.63) is 23.8 Å². The Balaban J connectivity index is 2.06. The molecule has 1 aromatic heterocycles. The quantitative estimate of drug-likeness (QED) is 0.841. The largest absolute Gasteiger partial charge is 0.359 e. The third-order valence-electron chi connectivity index (χ3n) is 3.58. The highest BCUT2D eigenvalue weighted by Crippen LogP contribution is 2.32. The van der Waals surface area contributed by atoms with E-state index < -0.39 is 10.0 Å². The summed E-state index contributed by atoms with van der Waals surface area (Å²) < 4.78 is 24.9. The zero-order valence-electron chi connectivity index (χ0n) is 12.2. The molecular weight excluding hydrogens is 292 g/mol. The Morgan fingerprint density at radius 1 is 1.43 bits per heavy atom. The van der Waals surface area contributed by atoms with E-state index >= 15 is 0 Å². The van der Waals surface area contributed by atoms with Gasteiger partial charge in [-0.2, -0.15) is 4.31 Å². The molecule has 1 aromatic rings. The molecule has 1 fully saturated rings. The molecule has 0 spiro atoms. The van der Waals surface area contributed by atoms with Crippen molar-refractivity contribution in [2.75, 3.05) is 19.8 Å². The molecule has 8 heteroatoms. The van der Waals surface area contributed by atoms with E-state index in [0.717, 1.165) is 18.5 Å². The topological polar surface area (TPSA) is 92.3 Å². The first-order valence-corrected chi connectivity index (χ1v) is 8.75. The molecular formula is C13H20N4O3S. The molecule has 0 aliphatic carbocycles. The number of hydrogen-bond donors (Lipinski definition) is 1. The molecule has 1 N–H and O–H groups in total. The Hall–Kier alpha value is -1.54. The second-order valence-electron chi connectivity index (χ2n) is 5.14. The molecule has 1 aliphatic rings. The molecule has 21 heavy (non-hydrogen) atoms. The zero-order chi connectivity index (χ0) is 15.5. The number of carbonyl (C=O) groups excluding carboxylic acids is 1. The van der Waals surface area contributed by atoms with Crippen molar-refractivity contribution in [3.8, 4) is 0 Å². The Morgan fingerprint density at radius 2 is 2.19 bits per heavy atom. The second-order valence-corrected chi connectivity index (χ2v) is 7.07. The number of hydrogen-bond acceptors (Lipinski definition) is 5. The Morgan fingerprint density at radius 3 is 2.76 bits per heavy atom. The molecule has 0 saturated carbocycles. The summed E-state index contributed by atoms with van der Waals surface area (Å²) in [7, 11) is -1.63. The minimum atomic E-state index is -3.22. The van der Waals surface area contributed by atoms with Crippen molar-refractivity contribution in [2.24, 2.45) is 0 Å². The molecule has 1 atom stereocenters. The molecule has 2 heterocycles. The van der Waals surface area contributed by atoms with Gasteiger partial charge in [0.2, 0.25) is 15.9 Å². The third-order valence-corrected chi connectivity index (χ3v) is 4.87. The molecule has 1 unspecified atom stereocenters. The van der Waals surface area contributed by atoms with Crippen molar-refractivity contribution in [2.45, 2.75) is 31.7 Å². The van der Waals surface area contributed by atoms with E-state index in [2.05, 4.69) is 15.3 Å². The van der Waals surface area contributed by atoms with Crippen LogP contribution in [0.1, 0.15) is 36.7 Å². The third kappa shape index (κ3) is 3.98. The minimum Gasteiger partial charge on any atom is -0.359 e. The van der Waals surface area contributed by atoms with Crippen LogP contribution in [0.2, 0.25) is 0 Å². The van der Waals surface area contributed by atoms with E-state index in [-0.39, 0.29) is 11.9 Å². The normalized spacial score (nSPS) is 19.6. The lowest BCUT2D eigenvalue weighted by Gasteiger charge is -2.21. The van der Waals surface area contributed by atoms with Crippen LogP contribution in [0.5, 0.6) is 0 Å². The number of nitrogens with zero attached hydrogens (tertiary/aromatic N) is 3. The fourth-order valence-corrected chi connectivity index (χ4v) is 3.60. The summed E-state index contributed by atoms with van der Waals surface area (Å²) in [5.41, 5.74) is 1.40. The van der Waals surface area contributed by atoms with Gasteiger partial charge >= 0.3 is 0 Å². The highest BCUT2D eigenvalue weighted by molar-refractivity contribution is 7.88. The van der Waals surface area contributed by atoms with Gasteiger partial charge in [0.1, 0.15) is 0 Å². The average Bonchev–Trinajstić information content (AvgIpc) is 2.94. The Kier molecular flexibility index (Phi) is 4.89. The van der Waals surface area contributed by atoms with Gasteiger partial charge in [-0.15, -0.1) is 0 Å². The summed E-state index contributed by atoms with van der Waals surface area (Å²) in [6.07, 6.45) is 6.94. The Labute approximate surface area is 124 Å². The fraction of sp³-hybridized carbons (Fsp3) is 0.615. The first kappa shape index (κ1) is 15.8. The van der Waals surface area contributed by atoms with Crippen LogP contribution in [0.15, 0.2) is 12.4 Å². The lowest BCUT2D eigenvalue weighted by Crippen LogP contribution is -2.30. The smallest absolute Gasteiger partial charge is 0.220 e. The molecule has 1 saturated heterocycles. The summed E-state index contributed by atoms with van der Waals surface area (Å²) in [6, 6.07) is -0.222. The van der Waals surface area contributed by atoms with Crippen LogP contribution in [0, 0.1) is 0 Å². The second kappa shape index (κ2) is 6.48. The average molecular weight is 312 g/mol. The molecule has 0 aromatic carbocycles. The van der Waals surface area contributed by atoms with Gasteiger partial charge in [0.25, 0.3) is 0 Å². The van der Waals surface area contributed by atoms with Crippen molar-refractivity contribution >= 4 is 15.9 Å². The fourth-order valence-electron chi connectivity index (χ4n) is 2.47. The van der Waals surface area contributed by atoms with E-state index in [1.165, 1.54) is 10.6 Å². The highest BCUT2D eigenvalue weighted by Gasteiger charge is 2.33. The van der Waals surface area contributed by atoms with Gasteiger partial charge in [-0.3, -0.25) is 14.8 Å². The van der Waals surface area contributed by atoms with Crippen molar-refractivity contribution in [1.82, 2.24) is 19.6 Å². The molecule has 1 amide bonds. The van der Waals surface area contributed by atoms with Crippen LogP contribution in [-0.2, 0) is 21.2 Å². The maximum atomic E-state index is 11.7. The summed E-state index contributed by atoms with van der Waals surface area (Å²) in [5.74, 6) is -0.0417. The SMILES string of the molecule is CNC(=O)CCc1cnc(C2CCCN2S(C)(=O)=O)cn1. The molecule has 0 bridgehead atoms. The van der Waals surface area contributed by atoms with Gasteiger partial charge in [0.15, 0.2) is 0 Å². The monoisotopic (exact) mass is 312 g/mol. The summed E-state index contributed by atoms with van der Waals surface area (Å²) in [6.45, 7) is 0.531. The zero-order valence-corrected chi connectivity index (χ0v) is 13.1. The minimum absolute atomic E-state index is 0.0417. The number of amides is 1. The van der Waals surface area contributed by atoms with Crippen LogP contribution in [0.25, 0.3) is 0 Å². The van der Waals surface area contributed by atoms with Crippen LogP contribution >= 0.6 is 0 Å². The maximum Gasteiger partial charge on any atom is 0.220 e. The van der Waals surface area contributed by atoms with Gasteiger partial charge < -0.3 is 5.32 Å². The highest BCUT2D eigenvalue weighted by atomic mass is 32.2. The first-order valence-electron chi connectivity index (χ1n) is 6.90. The molecule has 116 valence electrons. The summed E-state index contributed by atoms with van der Waals surface area (Å²) in [4.78, 5) is 19.8. The number of sulfonamides is 1. The standard InChI is InChI=1S/C13H20N4O3S/c1-14-13(18)6-5-10-8-16-11(9-15-10)12-4-3-7-17(12)21(2,19)20/h8-9,12H,3-7H2,1-2H3,(H,14,18). The van der Waals surface area contributed by atoms with Gasteiger partial charge in [-0.25, -0.2) is 8.42 Å². The van der Waals surface area contributed by atoms with Gasteiger partial charge in [0.05, 0.1) is 29.9 Å². The lowest BCUT2D eigenvalue weighted by molar-refractivity contribution is -0.120. The van der Waals surface area contributed by atoms with E-state index in [4.69, 9.17) is 0 Å². The van der Waals surface area contributed by atoms with Crippen LogP contribution in [-0.4, -0.2) is 48.4 Å². The summed E-state index contributed by atoms with van der Waals surface area (Å²) >= 11 is 0. The molecule has 1 aliphatic heterocycles. The molecule has 2 rings (SSSR count). The van der Waals surface area contributed by atoms with Crippen molar-refractivity contribution in [1.29, 1.82) is 0 Å². The van der Waals surface area contributed by atoms with E-state index in [1.54, 1.807) is 19.4 Å².